The molecule has 42 N–H and O–H groups in total. The van der Waals surface area contributed by atoms with Crippen LogP contribution in [0.25, 0.3) is 32.7 Å². The topological polar surface area (TPSA) is 759 Å². The van der Waals surface area contributed by atoms with Crippen LogP contribution in [0, 0.1) is 32.5 Å². The van der Waals surface area contributed by atoms with Crippen molar-refractivity contribution in [3.8, 4) is 0 Å². The number of H-pyrrole nitrogens is 3. The fourth-order valence-electron chi connectivity index (χ4n) is 13.3. The highest BCUT2D eigenvalue weighted by atomic mass is 16.2. The second-order valence-corrected chi connectivity index (χ2v) is 29.1. The predicted molar refractivity (Wildman–Crippen MR) is 458 cm³/mol. The molecule has 0 bridgehead atoms. The number of hydrogen-bond acceptors (Lipinski definition) is 18. The molecule has 9 atom stereocenters. The summed E-state index contributed by atoms with van der Waals surface area (Å²) in [5.41, 5.74) is 57.8. The summed E-state index contributed by atoms with van der Waals surface area (Å²) in [5, 5.41) is 90.0. The molecule has 4 aromatic carbocycles. The number of aromatic nitrogens is 3. The number of carbonyl (C=O) groups excluding carboxylic acids is 9. The van der Waals surface area contributed by atoms with E-state index in [-0.39, 0.29) is 172 Å². The fourth-order valence-corrected chi connectivity index (χ4v) is 13.3. The maximum atomic E-state index is 14.9. The van der Waals surface area contributed by atoms with Crippen LogP contribution in [-0.4, -0.2) is 198 Å². The zero-order valence-electron chi connectivity index (χ0n) is 66.9. The molecule has 7 aromatic rings. The maximum Gasteiger partial charge on any atom is 0.243 e. The molecule has 0 saturated carbocycles. The van der Waals surface area contributed by atoms with Crippen LogP contribution in [-0.2, 0) is 82.0 Å². The molecule has 0 aliphatic heterocycles. The summed E-state index contributed by atoms with van der Waals surface area (Å²) in [6.07, 6.45) is 6.95. The molecule has 0 saturated heterocycles. The normalized spacial score (nSPS) is 13.3. The number of nitrogens with two attached hydrogens (primary N) is 9. The number of guanidine groups is 6. The number of para-hydroxylation sites is 3. The van der Waals surface area contributed by atoms with Crippen molar-refractivity contribution in [2.24, 2.45) is 51.6 Å². The molecular formula is C78H117N33O9. The van der Waals surface area contributed by atoms with Crippen LogP contribution in [0.15, 0.2) is 110 Å². The summed E-state index contributed by atoms with van der Waals surface area (Å²) < 4.78 is 0. The van der Waals surface area contributed by atoms with Gasteiger partial charge in [0.05, 0.1) is 18.1 Å². The molecular weight excluding hydrogens is 1540 g/mol. The molecule has 9 amide bonds. The highest BCUT2D eigenvalue weighted by molar-refractivity contribution is 5.97. The van der Waals surface area contributed by atoms with E-state index in [0.29, 0.717) is 52.6 Å². The molecule has 3 heterocycles. The van der Waals surface area contributed by atoms with Crippen molar-refractivity contribution in [3.63, 3.8) is 0 Å². The molecule has 120 heavy (non-hydrogen) atoms. The van der Waals surface area contributed by atoms with Crippen LogP contribution in [0.5, 0.6) is 0 Å². The Balaban J connectivity index is 1.21. The average Bonchev–Trinajstić information content (AvgIpc) is 1.61. The number of nitrogens with one attached hydrogen (secondary N) is 24. The Morgan fingerprint density at radius 1 is 0.283 bits per heavy atom. The largest absolute Gasteiger partial charge is 0.370 e. The van der Waals surface area contributed by atoms with Crippen molar-refractivity contribution >= 4 is 122 Å². The zero-order valence-corrected chi connectivity index (χ0v) is 66.9. The van der Waals surface area contributed by atoms with Gasteiger partial charge in [0.15, 0.2) is 35.8 Å². The van der Waals surface area contributed by atoms with Gasteiger partial charge in [0.25, 0.3) is 0 Å². The Labute approximate surface area is 693 Å². The van der Waals surface area contributed by atoms with Crippen LogP contribution in [0.1, 0.15) is 110 Å². The number of rotatable bonds is 51. The van der Waals surface area contributed by atoms with E-state index < -0.39 is 108 Å². The van der Waals surface area contributed by atoms with Crippen LogP contribution in [0.2, 0.25) is 0 Å². The Kier molecular flexibility index (Phi) is 37.4. The van der Waals surface area contributed by atoms with Crippen molar-refractivity contribution in [2.45, 2.75) is 170 Å². The predicted octanol–water partition coefficient (Wildman–Crippen LogP) is -3.82. The van der Waals surface area contributed by atoms with E-state index in [1.165, 1.54) is 0 Å². The molecule has 0 spiro atoms. The van der Waals surface area contributed by atoms with Gasteiger partial charge in [-0.2, -0.15) is 0 Å². The lowest BCUT2D eigenvalue weighted by Gasteiger charge is -2.25. The molecule has 0 unspecified atom stereocenters. The molecule has 0 aliphatic rings. The molecule has 648 valence electrons. The third-order valence-electron chi connectivity index (χ3n) is 19.6. The second-order valence-electron chi connectivity index (χ2n) is 29.1. The van der Waals surface area contributed by atoms with E-state index in [1.807, 2.05) is 72.8 Å². The minimum absolute atomic E-state index is 0.0295. The van der Waals surface area contributed by atoms with Gasteiger partial charge in [0, 0.05) is 129 Å². The number of benzene rings is 4. The first-order valence-electron chi connectivity index (χ1n) is 39.6. The van der Waals surface area contributed by atoms with E-state index >= 15 is 0 Å². The SMILES string of the molecule is N=C(N)NCCC[C@H](NC(=O)[C@H](Cc1c[nH]c2ccccc12)NC(=O)[C@@H](N)CCCNC(=N)N)C(=O)NCc1cc(CNC(=O)[C@H](CCCNC(=N)N)NC(=O)[C@H](Cc2c[nH]c3ccccc23)NC(=O)[C@@H](N)CCCNC(=N)N)cc(CNC(=O)[C@H](CCCNC(=N)N)NC(=O)[C@H](Cc2c[nH]c3ccccc23)NC(=O)[C@@H](N)CCCNC(=N)N)c1. The van der Waals surface area contributed by atoms with Gasteiger partial charge >= 0.3 is 0 Å². The monoisotopic (exact) mass is 1660 g/mol. The summed E-state index contributed by atoms with van der Waals surface area (Å²) in [6, 6.07) is 15.9. The molecule has 0 aliphatic carbocycles. The number of carbonyl (C=O) groups is 9. The summed E-state index contributed by atoms with van der Waals surface area (Å²) in [6.45, 7) is 0.292. The van der Waals surface area contributed by atoms with Crippen LogP contribution in [0.3, 0.4) is 0 Å². The minimum atomic E-state index is -1.31. The van der Waals surface area contributed by atoms with Crippen molar-refractivity contribution in [1.29, 1.82) is 32.5 Å². The molecule has 3 aromatic heterocycles. The first-order valence-corrected chi connectivity index (χ1v) is 39.6. The van der Waals surface area contributed by atoms with Crippen molar-refractivity contribution in [2.75, 3.05) is 39.3 Å². The van der Waals surface area contributed by atoms with Gasteiger partial charge in [0.1, 0.15) is 36.3 Å². The lowest BCUT2D eigenvalue weighted by Crippen LogP contribution is -2.56. The number of fused-ring (bicyclic) bond motifs is 3. The number of aromatic amines is 3. The third-order valence-corrected chi connectivity index (χ3v) is 19.6. The highest BCUT2D eigenvalue weighted by Gasteiger charge is 2.34. The number of hydrogen-bond donors (Lipinski definition) is 33. The van der Waals surface area contributed by atoms with Gasteiger partial charge in [-0.3, -0.25) is 75.6 Å². The van der Waals surface area contributed by atoms with Gasteiger partial charge < -0.3 is 146 Å². The van der Waals surface area contributed by atoms with Gasteiger partial charge in [-0.15, -0.1) is 0 Å². The summed E-state index contributed by atoms with van der Waals surface area (Å²) >= 11 is 0. The molecule has 42 heteroatoms. The summed E-state index contributed by atoms with van der Waals surface area (Å²) in [7, 11) is 0. The van der Waals surface area contributed by atoms with Crippen LogP contribution in [0.4, 0.5) is 0 Å². The van der Waals surface area contributed by atoms with Crippen LogP contribution < -0.4 is 131 Å². The molecule has 7 rings (SSSR count). The smallest absolute Gasteiger partial charge is 0.243 e. The van der Waals surface area contributed by atoms with Crippen molar-refractivity contribution in [1.82, 2.24) is 94.7 Å². The summed E-state index contributed by atoms with van der Waals surface area (Å²) in [5.74, 6) is -8.16. The quantitative estimate of drug-likeness (QED) is 0.00987. The van der Waals surface area contributed by atoms with E-state index in [9.17, 15) is 43.2 Å². The first-order chi connectivity index (χ1) is 57.4. The Hall–Kier alpha value is -13.8. The molecule has 0 radical (unpaired) electrons. The highest BCUT2D eigenvalue weighted by Crippen LogP contribution is 2.24. The van der Waals surface area contributed by atoms with Gasteiger partial charge in [-0.05, 0) is 129 Å². The Bertz CT molecular complexity index is 4230. The van der Waals surface area contributed by atoms with E-state index in [1.54, 1.807) is 36.8 Å². The Morgan fingerprint density at radius 3 is 0.733 bits per heavy atom. The fraction of sp³-hybridized carbons (Fsp3) is 0.423. The van der Waals surface area contributed by atoms with E-state index in [4.69, 9.17) is 84.1 Å². The lowest BCUT2D eigenvalue weighted by atomic mass is 10.0. The Morgan fingerprint density at radius 2 is 0.500 bits per heavy atom. The maximum absolute atomic E-state index is 14.9. The van der Waals surface area contributed by atoms with Gasteiger partial charge in [-0.1, -0.05) is 72.8 Å². The lowest BCUT2D eigenvalue weighted by molar-refractivity contribution is -0.132. The van der Waals surface area contributed by atoms with Gasteiger partial charge in [-0.25, -0.2) is 0 Å². The minimum Gasteiger partial charge on any atom is -0.370 e. The van der Waals surface area contributed by atoms with Crippen molar-refractivity contribution < 1.29 is 43.2 Å². The second kappa shape index (κ2) is 48.1. The average molecular weight is 1660 g/mol. The van der Waals surface area contributed by atoms with E-state index in [0.717, 1.165) is 32.7 Å². The van der Waals surface area contributed by atoms with E-state index in [2.05, 4.69) is 94.7 Å². The van der Waals surface area contributed by atoms with Gasteiger partial charge in [0.2, 0.25) is 53.2 Å². The summed E-state index contributed by atoms with van der Waals surface area (Å²) in [4.78, 5) is 140. The first kappa shape index (κ1) is 93.4. The third kappa shape index (κ3) is 31.7. The van der Waals surface area contributed by atoms with Crippen LogP contribution >= 0.6 is 0 Å². The molecule has 0 fully saturated rings. The molecule has 42 nitrogen and oxygen atoms in total. The zero-order chi connectivity index (χ0) is 87.2. The van der Waals surface area contributed by atoms with Crippen molar-refractivity contribution in [3.05, 3.63) is 143 Å². The number of amides is 9. The standard InChI is InChI=1S/C78H117N33O9/c79-52(16-7-25-94-73(82)83)64(112)109-61(34-46-40-100-55-19-4-1-13-49(46)55)70(118)106-58(22-10-28-97-76(88)89)67(115)103-37-43-31-44(38-104-68(116)59(23-11-29-98-77(90)91)107-71(119)62(35-47-41-101-56-20-5-2-14-50(47)56)110-65(113)53(80)17-8-26-95-74(84)85)33-45(32-43)39-105-69(117)60(24-12-30-99-78(92)93)108-72(120)63(36-48-42-102-57-21-6-3-15-51(48)57)111-66(114)54(81)18-9-27-96-75(86)87/h1-6,13-15,19-21,31-33,40-42,52-54,58-63,100-102H,7-12,16-18,22-30,34-39,79-81H2,(H,103,115)(H,104,116)(H,105,117)(H,106,118)(H,107,119)(H,108,120)(H,109,112)(H,110,113)(H,111,114)(H4,82,83,94)(H4,84,85,95)(H4,86,87,96)(H4,88,89,97)(H4,90,91,98)(H4,92,93,99)/t52-,53-,54-,58-,59-,60-,61-,62-,63-/m0/s1.